The topological polar surface area (TPSA) is 106 Å². The molecule has 0 radical (unpaired) electrons. The molecule has 2 fully saturated rings. The Hall–Kier alpha value is -2.39. The van der Waals surface area contributed by atoms with Crippen molar-refractivity contribution in [3.63, 3.8) is 0 Å². The van der Waals surface area contributed by atoms with E-state index in [4.69, 9.17) is 21.3 Å². The van der Waals surface area contributed by atoms with Crippen LogP contribution in [0.3, 0.4) is 0 Å². The molecule has 0 unspecified atom stereocenters. The number of nitrogens with zero attached hydrogens (tertiary/aromatic N) is 4. The van der Waals surface area contributed by atoms with Crippen molar-refractivity contribution in [2.75, 3.05) is 18.4 Å². The van der Waals surface area contributed by atoms with Gasteiger partial charge < -0.3 is 20.7 Å². The van der Waals surface area contributed by atoms with Crippen molar-refractivity contribution in [2.45, 2.75) is 116 Å². The summed E-state index contributed by atoms with van der Waals surface area (Å²) in [6.07, 6.45) is 17.1. The first-order valence-corrected chi connectivity index (χ1v) is 15.6. The zero-order valence-electron chi connectivity index (χ0n) is 24.8. The molecular formula is C30H48ClN7O2. The van der Waals surface area contributed by atoms with Gasteiger partial charge in [-0.15, -0.1) is 0 Å². The number of alkyl carbamates (subject to hydrolysis) is 1. The zero-order chi connectivity index (χ0) is 28.5. The van der Waals surface area contributed by atoms with Gasteiger partial charge in [-0.05, 0) is 91.0 Å². The molecule has 0 bridgehead atoms. The second kappa shape index (κ2) is 14.5. The van der Waals surface area contributed by atoms with E-state index in [2.05, 4.69) is 26.0 Å². The third kappa shape index (κ3) is 9.91. The highest BCUT2D eigenvalue weighted by Gasteiger charge is 2.27. The molecule has 0 spiro atoms. The Labute approximate surface area is 244 Å². The summed E-state index contributed by atoms with van der Waals surface area (Å²) < 4.78 is 7.22. The number of unbranched alkanes of at least 4 members (excludes halogenated alkanes) is 4. The molecule has 2 saturated carbocycles. The summed E-state index contributed by atoms with van der Waals surface area (Å²) in [5.74, 6) is 1.41. The number of rotatable bonds is 14. The molecule has 4 rings (SSSR count). The van der Waals surface area contributed by atoms with Gasteiger partial charge in [-0.1, -0.05) is 30.9 Å². The summed E-state index contributed by atoms with van der Waals surface area (Å²) in [7, 11) is 2.00. The Morgan fingerprint density at radius 2 is 1.68 bits per heavy atom. The third-order valence-electron chi connectivity index (χ3n) is 7.75. The molecule has 2 aliphatic carbocycles. The number of carbonyl (C=O) groups excluding carboxylic acids is 1. The first kappa shape index (κ1) is 30.6. The maximum Gasteiger partial charge on any atom is 0.407 e. The SMILES string of the molecule is Cn1ncc(-c2nc(NC3CCC(NCCCCCCCNC(=O)OC(C)(C)C)CC3)ncc2Cl)c1CC1CC1. The van der Waals surface area contributed by atoms with Crippen molar-refractivity contribution in [3.8, 4) is 11.3 Å². The lowest BCUT2D eigenvalue weighted by atomic mass is 9.91. The van der Waals surface area contributed by atoms with Crippen molar-refractivity contribution in [1.29, 1.82) is 0 Å². The first-order chi connectivity index (χ1) is 19.2. The predicted molar refractivity (Wildman–Crippen MR) is 161 cm³/mol. The van der Waals surface area contributed by atoms with Crippen molar-refractivity contribution in [2.24, 2.45) is 13.0 Å². The van der Waals surface area contributed by atoms with Gasteiger partial charge >= 0.3 is 6.09 Å². The molecule has 2 heterocycles. The number of halogens is 1. The van der Waals surface area contributed by atoms with E-state index in [1.165, 1.54) is 37.8 Å². The minimum Gasteiger partial charge on any atom is -0.444 e. The van der Waals surface area contributed by atoms with Gasteiger partial charge in [0.2, 0.25) is 5.95 Å². The molecule has 0 saturated heterocycles. The van der Waals surface area contributed by atoms with Crippen molar-refractivity contribution in [3.05, 3.63) is 23.1 Å². The lowest BCUT2D eigenvalue weighted by Crippen LogP contribution is -2.37. The summed E-state index contributed by atoms with van der Waals surface area (Å²) in [5, 5.41) is 15.2. The van der Waals surface area contributed by atoms with Crippen LogP contribution in [0.25, 0.3) is 11.3 Å². The van der Waals surface area contributed by atoms with E-state index in [0.717, 1.165) is 68.7 Å². The number of anilines is 1. The highest BCUT2D eigenvalue weighted by atomic mass is 35.5. The standard InChI is InChI=1S/C30H48ClN7O2/c1-30(2,3)40-29(39)33-17-9-7-5-6-8-16-32-22-12-14-23(15-13-22)36-28-34-20-25(31)27(37-28)24-19-35-38(4)26(24)18-21-10-11-21/h19-23,32H,5-18H2,1-4H3,(H,33,39)(H,34,36,37). The summed E-state index contributed by atoms with van der Waals surface area (Å²) in [6, 6.07) is 0.958. The number of nitrogens with one attached hydrogen (secondary N) is 3. The minimum atomic E-state index is -0.443. The molecular weight excluding hydrogens is 526 g/mol. The van der Waals surface area contributed by atoms with Crippen LogP contribution in [0, 0.1) is 5.92 Å². The molecule has 0 aromatic carbocycles. The molecule has 0 atom stereocenters. The Balaban J connectivity index is 1.10. The summed E-state index contributed by atoms with van der Waals surface area (Å²) in [4.78, 5) is 21.0. The van der Waals surface area contributed by atoms with Gasteiger partial charge in [-0.2, -0.15) is 5.10 Å². The largest absolute Gasteiger partial charge is 0.444 e. The number of aromatic nitrogens is 4. The highest BCUT2D eigenvalue weighted by molar-refractivity contribution is 6.32. The zero-order valence-corrected chi connectivity index (χ0v) is 25.5. The van der Waals surface area contributed by atoms with Gasteiger partial charge in [-0.3, -0.25) is 4.68 Å². The van der Waals surface area contributed by atoms with Crippen molar-refractivity contribution in [1.82, 2.24) is 30.4 Å². The molecule has 2 aromatic rings. The molecule has 9 nitrogen and oxygen atoms in total. The molecule has 1 amide bonds. The normalized spacial score (nSPS) is 19.4. The van der Waals surface area contributed by atoms with Crippen LogP contribution >= 0.6 is 11.6 Å². The number of amides is 1. The minimum absolute atomic E-state index is 0.325. The number of hydrogen-bond acceptors (Lipinski definition) is 7. The van der Waals surface area contributed by atoms with E-state index >= 15 is 0 Å². The monoisotopic (exact) mass is 573 g/mol. The van der Waals surface area contributed by atoms with Crippen LogP contribution in [0.1, 0.15) is 97.1 Å². The van der Waals surface area contributed by atoms with Crippen LogP contribution in [0.2, 0.25) is 5.02 Å². The lowest BCUT2D eigenvalue weighted by Gasteiger charge is -2.30. The van der Waals surface area contributed by atoms with E-state index in [1.807, 2.05) is 38.7 Å². The number of aryl methyl sites for hydroxylation is 1. The molecule has 10 heteroatoms. The average Bonchev–Trinajstić information content (AvgIpc) is 3.65. The van der Waals surface area contributed by atoms with E-state index < -0.39 is 5.60 Å². The van der Waals surface area contributed by atoms with Gasteiger partial charge in [0, 0.05) is 36.9 Å². The maximum atomic E-state index is 11.7. The number of carbonyl (C=O) groups is 1. The van der Waals surface area contributed by atoms with E-state index in [-0.39, 0.29) is 6.09 Å². The smallest absolute Gasteiger partial charge is 0.407 e. The van der Waals surface area contributed by atoms with Gasteiger partial charge in [0.15, 0.2) is 0 Å². The molecule has 2 aromatic heterocycles. The van der Waals surface area contributed by atoms with Crippen LogP contribution < -0.4 is 16.0 Å². The second-order valence-corrected chi connectivity index (χ2v) is 12.9. The van der Waals surface area contributed by atoms with Gasteiger partial charge in [0.25, 0.3) is 0 Å². The van der Waals surface area contributed by atoms with Crippen LogP contribution in [-0.4, -0.2) is 56.6 Å². The molecule has 3 N–H and O–H groups in total. The van der Waals surface area contributed by atoms with Gasteiger partial charge in [0.1, 0.15) is 5.60 Å². The van der Waals surface area contributed by atoms with Crippen molar-refractivity contribution < 1.29 is 9.53 Å². The first-order valence-electron chi connectivity index (χ1n) is 15.2. The fourth-order valence-corrected chi connectivity index (χ4v) is 5.53. The van der Waals surface area contributed by atoms with E-state index in [1.54, 1.807) is 6.20 Å². The fourth-order valence-electron chi connectivity index (χ4n) is 5.34. The second-order valence-electron chi connectivity index (χ2n) is 12.5. The third-order valence-corrected chi connectivity index (χ3v) is 8.03. The summed E-state index contributed by atoms with van der Waals surface area (Å²) >= 11 is 6.54. The quantitative estimate of drug-likeness (QED) is 0.229. The van der Waals surface area contributed by atoms with Crippen molar-refractivity contribution >= 4 is 23.6 Å². The van der Waals surface area contributed by atoms with Crippen LogP contribution in [0.4, 0.5) is 10.7 Å². The summed E-state index contributed by atoms with van der Waals surface area (Å²) in [5.41, 5.74) is 2.56. The number of hydrogen-bond donors (Lipinski definition) is 3. The maximum absolute atomic E-state index is 11.7. The molecule has 222 valence electrons. The number of ether oxygens (including phenoxy) is 1. The Morgan fingerprint density at radius 3 is 2.38 bits per heavy atom. The molecule has 2 aliphatic rings. The molecule has 40 heavy (non-hydrogen) atoms. The predicted octanol–water partition coefficient (Wildman–Crippen LogP) is 6.27. The van der Waals surface area contributed by atoms with Crippen LogP contribution in [0.15, 0.2) is 12.4 Å². The average molecular weight is 574 g/mol. The highest BCUT2D eigenvalue weighted by Crippen LogP contribution is 2.37. The van der Waals surface area contributed by atoms with Gasteiger partial charge in [0.05, 0.1) is 23.1 Å². The van der Waals surface area contributed by atoms with Crippen LogP contribution in [0.5, 0.6) is 0 Å². The van der Waals surface area contributed by atoms with E-state index in [0.29, 0.717) is 29.6 Å². The van der Waals surface area contributed by atoms with Gasteiger partial charge in [-0.25, -0.2) is 14.8 Å². The Kier molecular flexibility index (Phi) is 11.1. The Bertz CT molecular complexity index is 1090. The van der Waals surface area contributed by atoms with Crippen LogP contribution in [-0.2, 0) is 18.2 Å². The molecule has 0 aliphatic heterocycles. The Morgan fingerprint density at radius 1 is 1.00 bits per heavy atom. The van der Waals surface area contributed by atoms with E-state index in [9.17, 15) is 4.79 Å². The fraction of sp³-hybridized carbons (Fsp3) is 0.733. The summed E-state index contributed by atoms with van der Waals surface area (Å²) in [6.45, 7) is 7.38. The lowest BCUT2D eigenvalue weighted by molar-refractivity contribution is 0.0527.